The molecule has 0 saturated heterocycles. The highest BCUT2D eigenvalue weighted by molar-refractivity contribution is 5.38. The fourth-order valence-corrected chi connectivity index (χ4v) is 2.86. The number of rotatable bonds is 7. The first kappa shape index (κ1) is 18.5. The molecule has 2 aromatic rings. The number of nitrogens with zero attached hydrogens (tertiary/aromatic N) is 1. The predicted octanol–water partition coefficient (Wildman–Crippen LogP) is 4.62. The van der Waals surface area contributed by atoms with Crippen LogP contribution in [0.1, 0.15) is 49.3 Å². The molecule has 2 unspecified atom stereocenters. The highest BCUT2D eigenvalue weighted by atomic mass is 16.6. The first-order valence-electron chi connectivity index (χ1n) is 8.33. The Balaban J connectivity index is 2.36. The molecule has 0 aliphatic rings. The second-order valence-corrected chi connectivity index (χ2v) is 6.39. The minimum absolute atomic E-state index is 0.199. The summed E-state index contributed by atoms with van der Waals surface area (Å²) in [6.07, 6.45) is 5.19. The van der Waals surface area contributed by atoms with Gasteiger partial charge in [0.2, 0.25) is 6.04 Å². The molecule has 0 bridgehead atoms. The van der Waals surface area contributed by atoms with Crippen molar-refractivity contribution in [1.29, 1.82) is 0 Å². The van der Waals surface area contributed by atoms with Gasteiger partial charge in [-0.15, -0.1) is 6.42 Å². The zero-order chi connectivity index (χ0) is 18.4. The molecule has 0 spiro atoms. The lowest BCUT2D eigenvalue weighted by Gasteiger charge is -2.20. The van der Waals surface area contributed by atoms with E-state index in [2.05, 4.69) is 19.8 Å². The highest BCUT2D eigenvalue weighted by Gasteiger charge is 2.29. The molecule has 2 aromatic carbocycles. The van der Waals surface area contributed by atoms with E-state index in [9.17, 15) is 10.1 Å². The van der Waals surface area contributed by atoms with Crippen LogP contribution in [0, 0.1) is 22.5 Å². The normalized spacial score (nSPS) is 13.1. The SMILES string of the molecule is C#CCOc1ccc(C(c2ccc(C(C)C)cc2)C(C)[N+](=O)[O-])cc1. The maximum Gasteiger partial charge on any atom is 0.221 e. The molecule has 0 saturated carbocycles. The summed E-state index contributed by atoms with van der Waals surface area (Å²) in [7, 11) is 0. The maximum atomic E-state index is 11.4. The van der Waals surface area contributed by atoms with Crippen molar-refractivity contribution in [3.8, 4) is 18.1 Å². The van der Waals surface area contributed by atoms with E-state index in [1.54, 1.807) is 19.1 Å². The van der Waals surface area contributed by atoms with Crippen LogP contribution in [0.25, 0.3) is 0 Å². The molecule has 0 radical (unpaired) electrons. The van der Waals surface area contributed by atoms with Crippen LogP contribution in [0.15, 0.2) is 48.5 Å². The molecule has 0 N–H and O–H groups in total. The third-order valence-electron chi connectivity index (χ3n) is 4.34. The van der Waals surface area contributed by atoms with Gasteiger partial charge in [-0.1, -0.05) is 56.2 Å². The summed E-state index contributed by atoms with van der Waals surface area (Å²) >= 11 is 0. The van der Waals surface area contributed by atoms with Gasteiger partial charge in [-0.05, 0) is 34.7 Å². The van der Waals surface area contributed by atoms with Gasteiger partial charge in [0.15, 0.2) is 0 Å². The van der Waals surface area contributed by atoms with Crippen molar-refractivity contribution in [2.24, 2.45) is 0 Å². The predicted molar refractivity (Wildman–Crippen MR) is 99.6 cm³/mol. The van der Waals surface area contributed by atoms with Crippen molar-refractivity contribution >= 4 is 0 Å². The lowest BCUT2D eigenvalue weighted by molar-refractivity contribution is -0.520. The number of hydrogen-bond donors (Lipinski definition) is 0. The van der Waals surface area contributed by atoms with Crippen molar-refractivity contribution in [1.82, 2.24) is 0 Å². The summed E-state index contributed by atoms with van der Waals surface area (Å²) in [5, 5.41) is 11.4. The summed E-state index contributed by atoms with van der Waals surface area (Å²) in [6.45, 7) is 6.09. The van der Waals surface area contributed by atoms with Crippen molar-refractivity contribution in [3.05, 3.63) is 75.3 Å². The van der Waals surface area contributed by atoms with Crippen molar-refractivity contribution < 1.29 is 9.66 Å². The average molecular weight is 337 g/mol. The van der Waals surface area contributed by atoms with Crippen LogP contribution >= 0.6 is 0 Å². The Morgan fingerprint density at radius 1 is 1.00 bits per heavy atom. The van der Waals surface area contributed by atoms with Gasteiger partial charge in [-0.25, -0.2) is 0 Å². The molecule has 0 aliphatic carbocycles. The van der Waals surface area contributed by atoms with Crippen LogP contribution < -0.4 is 4.74 Å². The Bertz CT molecular complexity index is 742. The smallest absolute Gasteiger partial charge is 0.221 e. The Labute approximate surface area is 149 Å². The minimum atomic E-state index is -0.734. The van der Waals surface area contributed by atoms with Gasteiger partial charge in [0.05, 0.1) is 5.92 Å². The largest absolute Gasteiger partial charge is 0.481 e. The highest BCUT2D eigenvalue weighted by Crippen LogP contribution is 2.31. The van der Waals surface area contributed by atoms with Gasteiger partial charge in [0.25, 0.3) is 0 Å². The quantitative estimate of drug-likeness (QED) is 0.421. The second kappa shape index (κ2) is 8.34. The third-order valence-corrected chi connectivity index (χ3v) is 4.34. The number of hydrogen-bond acceptors (Lipinski definition) is 3. The van der Waals surface area contributed by atoms with Crippen LogP contribution in [0.5, 0.6) is 5.75 Å². The van der Waals surface area contributed by atoms with Crippen LogP contribution in [0.3, 0.4) is 0 Å². The van der Waals surface area contributed by atoms with E-state index in [1.807, 2.05) is 36.4 Å². The Morgan fingerprint density at radius 3 is 1.92 bits per heavy atom. The molecule has 130 valence electrons. The lowest BCUT2D eigenvalue weighted by atomic mass is 9.85. The Morgan fingerprint density at radius 2 is 1.48 bits per heavy atom. The zero-order valence-electron chi connectivity index (χ0n) is 14.8. The van der Waals surface area contributed by atoms with E-state index in [-0.39, 0.29) is 17.4 Å². The average Bonchev–Trinajstić information content (AvgIpc) is 2.61. The van der Waals surface area contributed by atoms with Gasteiger partial charge in [0.1, 0.15) is 12.4 Å². The fraction of sp³-hybridized carbons (Fsp3) is 0.333. The van der Waals surface area contributed by atoms with Gasteiger partial charge in [0, 0.05) is 11.8 Å². The molecular weight excluding hydrogens is 314 g/mol. The molecule has 0 aliphatic heterocycles. The van der Waals surface area contributed by atoms with Crippen LogP contribution in [-0.2, 0) is 0 Å². The van der Waals surface area contributed by atoms with Gasteiger partial charge in [-0.2, -0.15) is 0 Å². The molecule has 4 nitrogen and oxygen atoms in total. The zero-order valence-corrected chi connectivity index (χ0v) is 14.8. The molecule has 0 heterocycles. The second-order valence-electron chi connectivity index (χ2n) is 6.39. The van der Waals surface area contributed by atoms with Crippen molar-refractivity contribution in [3.63, 3.8) is 0 Å². The first-order chi connectivity index (χ1) is 11.9. The summed E-state index contributed by atoms with van der Waals surface area (Å²) in [6, 6.07) is 14.7. The minimum Gasteiger partial charge on any atom is -0.481 e. The number of terminal acetylenes is 1. The molecular formula is C21H23NO3. The van der Waals surface area contributed by atoms with Crippen molar-refractivity contribution in [2.45, 2.75) is 38.6 Å². The standard InChI is InChI=1S/C21H23NO3/c1-5-14-25-20-12-10-19(11-13-20)21(16(4)22(23)24)18-8-6-17(7-9-18)15(2)3/h1,6-13,15-16,21H,14H2,2-4H3. The number of benzene rings is 2. The molecule has 25 heavy (non-hydrogen) atoms. The van der Waals surface area contributed by atoms with E-state index in [1.165, 1.54) is 5.56 Å². The summed E-state index contributed by atoms with van der Waals surface area (Å²) in [4.78, 5) is 11.2. The van der Waals surface area contributed by atoms with E-state index in [4.69, 9.17) is 11.2 Å². The van der Waals surface area contributed by atoms with Gasteiger partial charge >= 0.3 is 0 Å². The molecule has 0 amide bonds. The van der Waals surface area contributed by atoms with E-state index >= 15 is 0 Å². The number of ether oxygens (including phenoxy) is 1. The molecule has 4 heteroatoms. The Kier molecular flexibility index (Phi) is 6.19. The van der Waals surface area contributed by atoms with Crippen LogP contribution in [-0.4, -0.2) is 17.6 Å². The fourth-order valence-electron chi connectivity index (χ4n) is 2.86. The monoisotopic (exact) mass is 337 g/mol. The number of nitro groups is 1. The molecule has 0 aromatic heterocycles. The molecule has 2 atom stereocenters. The third kappa shape index (κ3) is 4.60. The van der Waals surface area contributed by atoms with Crippen LogP contribution in [0.2, 0.25) is 0 Å². The van der Waals surface area contributed by atoms with Gasteiger partial charge in [-0.3, -0.25) is 10.1 Å². The van der Waals surface area contributed by atoms with E-state index in [0.29, 0.717) is 11.7 Å². The summed E-state index contributed by atoms with van der Waals surface area (Å²) in [5.41, 5.74) is 3.04. The summed E-state index contributed by atoms with van der Waals surface area (Å²) < 4.78 is 5.38. The van der Waals surface area contributed by atoms with Crippen molar-refractivity contribution in [2.75, 3.05) is 6.61 Å². The van der Waals surface area contributed by atoms with Gasteiger partial charge < -0.3 is 4.74 Å². The topological polar surface area (TPSA) is 52.4 Å². The lowest BCUT2D eigenvalue weighted by Crippen LogP contribution is -2.25. The van der Waals surface area contributed by atoms with E-state index < -0.39 is 6.04 Å². The molecule has 2 rings (SSSR count). The first-order valence-corrected chi connectivity index (χ1v) is 8.33. The summed E-state index contributed by atoms with van der Waals surface area (Å²) in [5.74, 6) is 3.17. The Hall–Kier alpha value is -2.80. The maximum absolute atomic E-state index is 11.4. The van der Waals surface area contributed by atoms with Crippen LogP contribution in [0.4, 0.5) is 0 Å². The van der Waals surface area contributed by atoms with E-state index in [0.717, 1.165) is 11.1 Å². The molecule has 0 fully saturated rings.